The summed E-state index contributed by atoms with van der Waals surface area (Å²) in [5.41, 5.74) is 0. The van der Waals surface area contributed by atoms with Gasteiger partial charge in [-0.15, -0.1) is 11.3 Å². The van der Waals surface area contributed by atoms with Crippen LogP contribution in [0.1, 0.15) is 11.3 Å². The Morgan fingerprint density at radius 1 is 1.53 bits per heavy atom. The molecular weight excluding hydrogens is 278 g/mol. The first-order valence-corrected chi connectivity index (χ1v) is 6.35. The zero-order valence-electron chi connectivity index (χ0n) is 8.59. The van der Waals surface area contributed by atoms with E-state index in [0.29, 0.717) is 13.0 Å². The van der Waals surface area contributed by atoms with Crippen LogP contribution in [0.2, 0.25) is 0 Å². The summed E-state index contributed by atoms with van der Waals surface area (Å²) in [5.74, 6) is -0.165. The minimum absolute atomic E-state index is 0.165. The summed E-state index contributed by atoms with van der Waals surface area (Å²) >= 11 is 5.16. The van der Waals surface area contributed by atoms with Crippen molar-refractivity contribution in [3.05, 3.63) is 20.8 Å². The zero-order chi connectivity index (χ0) is 11.1. The summed E-state index contributed by atoms with van der Waals surface area (Å²) < 4.78 is 5.69. The van der Waals surface area contributed by atoms with Crippen molar-refractivity contribution < 1.29 is 9.53 Å². The highest BCUT2D eigenvalue weighted by atomic mass is 79.9. The molecule has 3 nitrogen and oxygen atoms in total. The average Bonchev–Trinajstić information content (AvgIpc) is 2.63. The van der Waals surface area contributed by atoms with E-state index in [1.807, 2.05) is 0 Å². The molecule has 15 heavy (non-hydrogen) atoms. The molecule has 1 heterocycles. The molecule has 5 heteroatoms. The molecule has 0 aliphatic heterocycles. The second kappa shape index (κ2) is 6.98. The van der Waals surface area contributed by atoms with E-state index in [9.17, 15) is 4.79 Å². The molecule has 84 valence electrons. The van der Waals surface area contributed by atoms with Gasteiger partial charge in [0.2, 0.25) is 0 Å². The van der Waals surface area contributed by atoms with Crippen molar-refractivity contribution in [2.24, 2.45) is 0 Å². The third-order valence-electron chi connectivity index (χ3n) is 1.91. The van der Waals surface area contributed by atoms with E-state index in [4.69, 9.17) is 0 Å². The summed E-state index contributed by atoms with van der Waals surface area (Å²) in [4.78, 5) is 12.1. The molecule has 0 atom stereocenters. The Morgan fingerprint density at radius 3 is 2.93 bits per heavy atom. The fourth-order valence-corrected chi connectivity index (χ4v) is 2.60. The van der Waals surface area contributed by atoms with Crippen LogP contribution in [0.4, 0.5) is 0 Å². The average molecular weight is 292 g/mol. The van der Waals surface area contributed by atoms with Crippen LogP contribution in [0, 0.1) is 0 Å². The molecule has 0 spiro atoms. The Balaban J connectivity index is 2.05. The zero-order valence-corrected chi connectivity index (χ0v) is 11.0. The van der Waals surface area contributed by atoms with Gasteiger partial charge in [-0.2, -0.15) is 0 Å². The van der Waals surface area contributed by atoms with E-state index >= 15 is 0 Å². The Kier molecular flexibility index (Phi) is 5.90. The Bertz CT molecular complexity index is 314. The van der Waals surface area contributed by atoms with E-state index in [1.165, 1.54) is 12.0 Å². The van der Waals surface area contributed by atoms with Crippen LogP contribution in [0.3, 0.4) is 0 Å². The monoisotopic (exact) mass is 291 g/mol. The number of rotatable bonds is 6. The van der Waals surface area contributed by atoms with Gasteiger partial charge in [-0.25, -0.2) is 0 Å². The smallest absolute Gasteiger partial charge is 0.306 e. The summed E-state index contributed by atoms with van der Waals surface area (Å²) in [6.45, 7) is 1.57. The molecule has 1 rings (SSSR count). The van der Waals surface area contributed by atoms with Crippen molar-refractivity contribution >= 4 is 33.2 Å². The second-order valence-corrected chi connectivity index (χ2v) is 5.58. The molecule has 0 radical (unpaired) electrons. The number of halogens is 1. The second-order valence-electron chi connectivity index (χ2n) is 3.03. The molecule has 0 fully saturated rings. The Labute approximate surface area is 102 Å². The first-order valence-electron chi connectivity index (χ1n) is 4.74. The van der Waals surface area contributed by atoms with Crippen LogP contribution in [0.15, 0.2) is 15.9 Å². The lowest BCUT2D eigenvalue weighted by Crippen LogP contribution is -2.21. The van der Waals surface area contributed by atoms with Gasteiger partial charge < -0.3 is 10.1 Å². The van der Waals surface area contributed by atoms with Crippen molar-refractivity contribution in [3.63, 3.8) is 0 Å². The molecule has 0 aliphatic rings. The largest absolute Gasteiger partial charge is 0.469 e. The predicted octanol–water partition coefficient (Wildman–Crippen LogP) is 2.21. The van der Waals surface area contributed by atoms with Crippen LogP contribution in [-0.2, 0) is 16.0 Å². The van der Waals surface area contributed by atoms with Gasteiger partial charge in [0.25, 0.3) is 0 Å². The summed E-state index contributed by atoms with van der Waals surface area (Å²) in [7, 11) is 1.41. The molecule has 0 saturated heterocycles. The van der Waals surface area contributed by atoms with Gasteiger partial charge >= 0.3 is 5.97 Å². The molecule has 0 aromatic carbocycles. The number of hydrogen-bond acceptors (Lipinski definition) is 4. The van der Waals surface area contributed by atoms with Crippen LogP contribution < -0.4 is 5.32 Å². The molecule has 1 aromatic heterocycles. The Hall–Kier alpha value is -0.390. The number of ether oxygens (including phenoxy) is 1. The SMILES string of the molecule is COC(=O)CCNCCc1ccc(Br)s1. The van der Waals surface area contributed by atoms with Crippen molar-refractivity contribution in [2.75, 3.05) is 20.2 Å². The first-order chi connectivity index (χ1) is 7.22. The number of hydrogen-bond donors (Lipinski definition) is 1. The third kappa shape index (κ3) is 5.30. The van der Waals surface area contributed by atoms with Crippen molar-refractivity contribution in [3.8, 4) is 0 Å². The maximum absolute atomic E-state index is 10.8. The minimum Gasteiger partial charge on any atom is -0.469 e. The molecule has 0 amide bonds. The number of carbonyl (C=O) groups is 1. The first kappa shape index (κ1) is 12.7. The third-order valence-corrected chi connectivity index (χ3v) is 3.59. The van der Waals surface area contributed by atoms with Gasteiger partial charge in [0.05, 0.1) is 17.3 Å². The Morgan fingerprint density at radius 2 is 2.33 bits per heavy atom. The molecule has 0 bridgehead atoms. The lowest BCUT2D eigenvalue weighted by molar-refractivity contribution is -0.140. The summed E-state index contributed by atoms with van der Waals surface area (Å²) in [6.07, 6.45) is 1.43. The maximum Gasteiger partial charge on any atom is 0.306 e. The lowest BCUT2D eigenvalue weighted by atomic mass is 10.3. The van der Waals surface area contributed by atoms with Gasteiger partial charge in [0.15, 0.2) is 0 Å². The molecule has 0 unspecified atom stereocenters. The molecule has 1 N–H and O–H groups in total. The molecule has 0 aliphatic carbocycles. The number of carbonyl (C=O) groups excluding carboxylic acids is 1. The van der Waals surface area contributed by atoms with Gasteiger partial charge in [-0.05, 0) is 41.0 Å². The molecule has 1 aromatic rings. The van der Waals surface area contributed by atoms with Crippen molar-refractivity contribution in [1.82, 2.24) is 5.32 Å². The lowest BCUT2D eigenvalue weighted by Gasteiger charge is -2.02. The maximum atomic E-state index is 10.8. The normalized spacial score (nSPS) is 10.3. The number of esters is 1. The van der Waals surface area contributed by atoms with Crippen LogP contribution >= 0.6 is 27.3 Å². The van der Waals surface area contributed by atoms with Gasteiger partial charge in [0, 0.05) is 11.4 Å². The number of thiophene rings is 1. The predicted molar refractivity (Wildman–Crippen MR) is 65.2 cm³/mol. The molecule has 0 saturated carbocycles. The van der Waals surface area contributed by atoms with Gasteiger partial charge in [-0.3, -0.25) is 4.79 Å². The topological polar surface area (TPSA) is 38.3 Å². The standard InChI is InChI=1S/C10H14BrNO2S/c1-14-10(13)5-7-12-6-4-8-2-3-9(11)15-8/h2-3,12H,4-7H2,1H3. The van der Waals surface area contributed by atoms with Gasteiger partial charge in [-0.1, -0.05) is 0 Å². The molecular formula is C10H14BrNO2S. The van der Waals surface area contributed by atoms with Crippen molar-refractivity contribution in [1.29, 1.82) is 0 Å². The van der Waals surface area contributed by atoms with Crippen LogP contribution in [0.5, 0.6) is 0 Å². The van der Waals surface area contributed by atoms with Crippen LogP contribution in [-0.4, -0.2) is 26.2 Å². The fraction of sp³-hybridized carbons (Fsp3) is 0.500. The quantitative estimate of drug-likeness (QED) is 0.645. The van der Waals surface area contributed by atoms with E-state index < -0.39 is 0 Å². The highest BCUT2D eigenvalue weighted by molar-refractivity contribution is 9.11. The highest BCUT2D eigenvalue weighted by Gasteiger charge is 2.00. The van der Waals surface area contributed by atoms with Gasteiger partial charge in [0.1, 0.15) is 0 Å². The number of nitrogens with one attached hydrogen (secondary N) is 1. The number of methoxy groups -OCH3 is 1. The summed E-state index contributed by atoms with van der Waals surface area (Å²) in [6, 6.07) is 4.16. The van der Waals surface area contributed by atoms with E-state index in [0.717, 1.165) is 16.8 Å². The highest BCUT2D eigenvalue weighted by Crippen LogP contribution is 2.21. The van der Waals surface area contributed by atoms with Crippen molar-refractivity contribution in [2.45, 2.75) is 12.8 Å². The van der Waals surface area contributed by atoms with E-state index in [-0.39, 0.29) is 5.97 Å². The van der Waals surface area contributed by atoms with Crippen LogP contribution in [0.25, 0.3) is 0 Å². The summed E-state index contributed by atoms with van der Waals surface area (Å²) in [5, 5.41) is 3.20. The van der Waals surface area contributed by atoms with E-state index in [2.05, 4.69) is 38.1 Å². The van der Waals surface area contributed by atoms with E-state index in [1.54, 1.807) is 11.3 Å². The fourth-order valence-electron chi connectivity index (χ4n) is 1.12. The minimum atomic E-state index is -0.165.